The van der Waals surface area contributed by atoms with E-state index in [1.54, 1.807) is 46.6 Å². The van der Waals surface area contributed by atoms with E-state index in [0.717, 1.165) is 58.3 Å². The fraction of sp³-hybridized carbons (Fsp3) is 0.240. The minimum atomic E-state index is -0.273. The predicted molar refractivity (Wildman–Crippen MR) is 137 cm³/mol. The zero-order chi connectivity index (χ0) is 23.5. The highest BCUT2D eigenvalue weighted by atomic mass is 32.2. The molecule has 1 aliphatic rings. The van der Waals surface area contributed by atoms with Gasteiger partial charge in [0.2, 0.25) is 0 Å². The van der Waals surface area contributed by atoms with Crippen molar-refractivity contribution >= 4 is 45.4 Å². The quantitative estimate of drug-likeness (QED) is 0.189. The molecule has 34 heavy (non-hydrogen) atoms. The smallest absolute Gasteiger partial charge is 0.267 e. The fourth-order valence-electron chi connectivity index (χ4n) is 4.00. The van der Waals surface area contributed by atoms with Crippen LogP contribution in [0.15, 0.2) is 63.8 Å². The third-order valence-electron chi connectivity index (χ3n) is 5.69. The second-order valence-corrected chi connectivity index (χ2v) is 10.2. The van der Waals surface area contributed by atoms with Crippen LogP contribution in [-0.4, -0.2) is 32.4 Å². The van der Waals surface area contributed by atoms with Crippen LogP contribution in [0.5, 0.6) is 0 Å². The number of hydrazone groups is 1. The third-order valence-corrected chi connectivity index (χ3v) is 7.82. The zero-order valence-electron chi connectivity index (χ0n) is 18.7. The first-order valence-electron chi connectivity index (χ1n) is 11.1. The highest BCUT2D eigenvalue weighted by Gasteiger charge is 2.23. The van der Waals surface area contributed by atoms with Crippen molar-refractivity contribution in [2.45, 2.75) is 37.8 Å². The SMILES string of the molecule is Cc1ccc(-n2c(SCC(=O)N/N=C\c3ccncc3)nc3sc4c(c3c2=O)CCCC4)cc1. The van der Waals surface area contributed by atoms with Crippen molar-refractivity contribution in [3.63, 3.8) is 0 Å². The van der Waals surface area contributed by atoms with Gasteiger partial charge < -0.3 is 0 Å². The summed E-state index contributed by atoms with van der Waals surface area (Å²) in [6.45, 7) is 2.01. The molecule has 0 radical (unpaired) electrons. The topological polar surface area (TPSA) is 89.2 Å². The first-order valence-corrected chi connectivity index (χ1v) is 12.9. The minimum absolute atomic E-state index is 0.0631. The number of hydrogen-bond donors (Lipinski definition) is 1. The molecule has 1 amide bonds. The van der Waals surface area contributed by atoms with Crippen LogP contribution in [-0.2, 0) is 17.6 Å². The molecule has 3 heterocycles. The molecule has 3 aromatic heterocycles. The summed E-state index contributed by atoms with van der Waals surface area (Å²) < 4.78 is 1.64. The number of rotatable bonds is 6. The first kappa shape index (κ1) is 22.5. The summed E-state index contributed by atoms with van der Waals surface area (Å²) in [5.41, 5.74) is 6.33. The largest absolute Gasteiger partial charge is 0.272 e. The Morgan fingerprint density at radius 2 is 1.94 bits per heavy atom. The van der Waals surface area contributed by atoms with E-state index in [1.807, 2.05) is 31.2 Å². The van der Waals surface area contributed by atoms with Gasteiger partial charge in [0, 0.05) is 17.3 Å². The van der Waals surface area contributed by atoms with Gasteiger partial charge in [-0.05, 0) is 68.0 Å². The average molecular weight is 490 g/mol. The Bertz CT molecular complexity index is 1430. The molecule has 5 rings (SSSR count). The van der Waals surface area contributed by atoms with Gasteiger partial charge in [0.05, 0.1) is 23.0 Å². The Kier molecular flexibility index (Phi) is 6.55. The molecule has 0 saturated carbocycles. The Balaban J connectivity index is 1.45. The van der Waals surface area contributed by atoms with Crippen LogP contribution in [0.25, 0.3) is 15.9 Å². The van der Waals surface area contributed by atoms with Gasteiger partial charge in [0.1, 0.15) is 4.83 Å². The normalized spacial score (nSPS) is 13.3. The zero-order valence-corrected chi connectivity index (χ0v) is 20.3. The van der Waals surface area contributed by atoms with E-state index < -0.39 is 0 Å². The molecule has 0 atom stereocenters. The van der Waals surface area contributed by atoms with Crippen molar-refractivity contribution in [3.8, 4) is 5.69 Å². The van der Waals surface area contributed by atoms with Crippen molar-refractivity contribution < 1.29 is 4.79 Å². The molecular formula is C25H23N5O2S2. The summed E-state index contributed by atoms with van der Waals surface area (Å²) in [6, 6.07) is 11.4. The number of carbonyl (C=O) groups excluding carboxylic acids is 1. The highest BCUT2D eigenvalue weighted by molar-refractivity contribution is 7.99. The number of hydrogen-bond acceptors (Lipinski definition) is 7. The second-order valence-electron chi connectivity index (χ2n) is 8.12. The van der Waals surface area contributed by atoms with Gasteiger partial charge in [-0.3, -0.25) is 19.1 Å². The van der Waals surface area contributed by atoms with Gasteiger partial charge in [0.15, 0.2) is 5.16 Å². The first-order chi connectivity index (χ1) is 16.6. The molecule has 0 fully saturated rings. The van der Waals surface area contributed by atoms with E-state index in [-0.39, 0.29) is 17.2 Å². The van der Waals surface area contributed by atoms with Crippen LogP contribution >= 0.6 is 23.1 Å². The lowest BCUT2D eigenvalue weighted by Crippen LogP contribution is -2.24. The molecule has 1 N–H and O–H groups in total. The monoisotopic (exact) mass is 489 g/mol. The maximum Gasteiger partial charge on any atom is 0.267 e. The number of benzene rings is 1. The van der Waals surface area contributed by atoms with Crippen LogP contribution in [0.4, 0.5) is 0 Å². The van der Waals surface area contributed by atoms with Crippen molar-refractivity contribution in [3.05, 3.63) is 80.7 Å². The summed E-state index contributed by atoms with van der Waals surface area (Å²) in [7, 11) is 0. The molecule has 0 aliphatic heterocycles. The van der Waals surface area contributed by atoms with Crippen molar-refractivity contribution in [1.29, 1.82) is 0 Å². The lowest BCUT2D eigenvalue weighted by Gasteiger charge is -2.13. The van der Waals surface area contributed by atoms with E-state index in [2.05, 4.69) is 15.5 Å². The predicted octanol–water partition coefficient (Wildman–Crippen LogP) is 4.27. The lowest BCUT2D eigenvalue weighted by molar-refractivity contribution is -0.118. The molecule has 1 aliphatic carbocycles. The lowest BCUT2D eigenvalue weighted by atomic mass is 9.97. The summed E-state index contributed by atoms with van der Waals surface area (Å²) >= 11 is 2.85. The maximum atomic E-state index is 13.7. The van der Waals surface area contributed by atoms with Gasteiger partial charge in [0.25, 0.3) is 11.5 Å². The van der Waals surface area contributed by atoms with Gasteiger partial charge >= 0.3 is 0 Å². The van der Waals surface area contributed by atoms with Crippen molar-refractivity contribution in [2.24, 2.45) is 5.10 Å². The number of nitrogens with zero attached hydrogens (tertiary/aromatic N) is 4. The highest BCUT2D eigenvalue weighted by Crippen LogP contribution is 2.35. The summed E-state index contributed by atoms with van der Waals surface area (Å²) in [4.78, 5) is 37.0. The van der Waals surface area contributed by atoms with E-state index in [0.29, 0.717) is 5.16 Å². The molecule has 172 valence electrons. The third kappa shape index (κ3) is 4.67. The van der Waals surface area contributed by atoms with Gasteiger partial charge in [-0.15, -0.1) is 11.3 Å². The van der Waals surface area contributed by atoms with Crippen LogP contribution in [0.2, 0.25) is 0 Å². The maximum absolute atomic E-state index is 13.7. The molecule has 0 bridgehead atoms. The summed E-state index contributed by atoms with van der Waals surface area (Å²) in [6.07, 6.45) is 9.05. The van der Waals surface area contributed by atoms with Crippen LogP contribution in [0.1, 0.15) is 34.4 Å². The second kappa shape index (κ2) is 9.90. The Morgan fingerprint density at radius 1 is 1.18 bits per heavy atom. The number of carbonyl (C=O) groups is 1. The number of aryl methyl sites for hydroxylation is 3. The van der Waals surface area contributed by atoms with Gasteiger partial charge in [-0.2, -0.15) is 5.10 Å². The molecule has 0 unspecified atom stereocenters. The van der Waals surface area contributed by atoms with E-state index in [4.69, 9.17) is 4.98 Å². The Labute approximate surface area is 205 Å². The van der Waals surface area contributed by atoms with E-state index >= 15 is 0 Å². The minimum Gasteiger partial charge on any atom is -0.272 e. The van der Waals surface area contributed by atoms with Crippen molar-refractivity contribution in [1.82, 2.24) is 20.0 Å². The number of thioether (sulfide) groups is 1. The molecule has 0 spiro atoms. The summed E-state index contributed by atoms with van der Waals surface area (Å²) in [5.74, 6) is -0.187. The standard InChI is InChI=1S/C25H23N5O2S2/c1-16-6-8-18(9-7-16)30-24(32)22-19-4-2-3-5-20(19)34-23(22)28-25(30)33-15-21(31)29-27-14-17-10-12-26-13-11-17/h6-14H,2-5,15H2,1H3,(H,29,31)/b27-14-. The number of pyridine rings is 1. The number of aromatic nitrogens is 3. The summed E-state index contributed by atoms with van der Waals surface area (Å²) in [5, 5.41) is 5.24. The van der Waals surface area contributed by atoms with E-state index in [9.17, 15) is 9.59 Å². The molecule has 7 nitrogen and oxygen atoms in total. The molecule has 0 saturated heterocycles. The van der Waals surface area contributed by atoms with E-state index in [1.165, 1.54) is 16.6 Å². The molecular weight excluding hydrogens is 466 g/mol. The Morgan fingerprint density at radius 3 is 2.74 bits per heavy atom. The van der Waals surface area contributed by atoms with Crippen LogP contribution in [0.3, 0.4) is 0 Å². The van der Waals surface area contributed by atoms with Crippen molar-refractivity contribution in [2.75, 3.05) is 5.75 Å². The molecule has 9 heteroatoms. The number of thiophene rings is 1. The Hall–Kier alpha value is -3.30. The molecule has 4 aromatic rings. The molecule has 1 aromatic carbocycles. The fourth-order valence-corrected chi connectivity index (χ4v) is 6.10. The number of amides is 1. The number of nitrogens with one attached hydrogen (secondary N) is 1. The average Bonchev–Trinajstić information content (AvgIpc) is 3.23. The number of fused-ring (bicyclic) bond motifs is 3. The van der Waals surface area contributed by atoms with Crippen LogP contribution < -0.4 is 11.0 Å². The van der Waals surface area contributed by atoms with Gasteiger partial charge in [-0.1, -0.05) is 29.5 Å². The van der Waals surface area contributed by atoms with Gasteiger partial charge in [-0.25, -0.2) is 10.4 Å². The van der Waals surface area contributed by atoms with Crippen LogP contribution in [0, 0.1) is 6.92 Å².